The molecular weight excluding hydrogens is 365 g/mol. The largest absolute Gasteiger partial charge is 0.550 e. The smallest absolute Gasteiger partial charge is 0.227 e. The minimum atomic E-state index is -1.31. The number of aliphatic carboxylic acids is 1. The number of hydrogen-bond acceptors (Lipinski definition) is 6. The predicted octanol–water partition coefficient (Wildman–Crippen LogP) is 3.18. The lowest BCUT2D eigenvalue weighted by Gasteiger charge is -2.11. The van der Waals surface area contributed by atoms with Crippen LogP contribution in [0, 0.1) is 11.7 Å². The number of ether oxygens (including phenoxy) is 1. The van der Waals surface area contributed by atoms with E-state index in [9.17, 15) is 19.4 Å². The molecule has 0 saturated carbocycles. The van der Waals surface area contributed by atoms with Gasteiger partial charge in [-0.2, -0.15) is 0 Å². The minimum absolute atomic E-state index is 0.0378. The highest BCUT2D eigenvalue weighted by molar-refractivity contribution is 5.74. The van der Waals surface area contributed by atoms with Crippen molar-refractivity contribution in [2.75, 3.05) is 6.61 Å². The van der Waals surface area contributed by atoms with E-state index in [2.05, 4.69) is 4.98 Å². The SMILES string of the molecule is CC(C)COc1cc(-c2oc(-c3ccc(F)cc3)nc2CC(=O)[O-])ccc1O. The van der Waals surface area contributed by atoms with Crippen LogP contribution in [0.1, 0.15) is 19.5 Å². The Morgan fingerprint density at radius 2 is 1.89 bits per heavy atom. The van der Waals surface area contributed by atoms with Crippen molar-refractivity contribution in [3.05, 3.63) is 54.0 Å². The number of benzene rings is 2. The molecule has 0 atom stereocenters. The second-order valence-corrected chi connectivity index (χ2v) is 6.74. The normalized spacial score (nSPS) is 11.0. The van der Waals surface area contributed by atoms with E-state index in [0.29, 0.717) is 17.7 Å². The van der Waals surface area contributed by atoms with E-state index in [4.69, 9.17) is 9.15 Å². The molecule has 1 aromatic heterocycles. The fourth-order valence-corrected chi connectivity index (χ4v) is 2.58. The van der Waals surface area contributed by atoms with Gasteiger partial charge in [0.25, 0.3) is 0 Å². The third-order valence-electron chi connectivity index (χ3n) is 3.89. The van der Waals surface area contributed by atoms with E-state index >= 15 is 0 Å². The summed E-state index contributed by atoms with van der Waals surface area (Å²) in [6.45, 7) is 4.36. The van der Waals surface area contributed by atoms with E-state index < -0.39 is 18.2 Å². The molecule has 3 rings (SSSR count). The molecule has 0 fully saturated rings. The third kappa shape index (κ3) is 4.49. The average Bonchev–Trinajstić information content (AvgIpc) is 3.04. The summed E-state index contributed by atoms with van der Waals surface area (Å²) in [5, 5.41) is 21.1. The Bertz CT molecular complexity index is 979. The Morgan fingerprint density at radius 3 is 2.54 bits per heavy atom. The van der Waals surface area contributed by atoms with Crippen LogP contribution < -0.4 is 9.84 Å². The van der Waals surface area contributed by atoms with Gasteiger partial charge in [-0.15, -0.1) is 0 Å². The fourth-order valence-electron chi connectivity index (χ4n) is 2.58. The van der Waals surface area contributed by atoms with Crippen molar-refractivity contribution in [1.29, 1.82) is 0 Å². The number of carbonyl (C=O) groups is 1. The highest BCUT2D eigenvalue weighted by Crippen LogP contribution is 2.36. The van der Waals surface area contributed by atoms with Gasteiger partial charge in [0.1, 0.15) is 5.82 Å². The number of carboxylic acids is 1. The van der Waals surface area contributed by atoms with Gasteiger partial charge in [0, 0.05) is 23.5 Å². The number of aromatic nitrogens is 1. The molecule has 2 aromatic carbocycles. The van der Waals surface area contributed by atoms with Gasteiger partial charge in [-0.25, -0.2) is 9.37 Å². The zero-order valence-corrected chi connectivity index (χ0v) is 15.4. The molecule has 6 nitrogen and oxygen atoms in total. The second kappa shape index (κ2) is 8.12. The van der Waals surface area contributed by atoms with Crippen molar-refractivity contribution in [3.8, 4) is 34.3 Å². The molecule has 0 aliphatic rings. The van der Waals surface area contributed by atoms with Crippen LogP contribution in [-0.2, 0) is 11.2 Å². The quantitative estimate of drug-likeness (QED) is 0.672. The lowest BCUT2D eigenvalue weighted by molar-refractivity contribution is -0.304. The number of rotatable bonds is 7. The first-order valence-corrected chi connectivity index (χ1v) is 8.75. The number of carboxylic acid groups (broad SMARTS) is 1. The average molecular weight is 384 g/mol. The number of nitrogens with zero attached hydrogens (tertiary/aromatic N) is 1. The van der Waals surface area contributed by atoms with E-state index in [1.54, 1.807) is 12.1 Å². The van der Waals surface area contributed by atoms with Gasteiger partial charge < -0.3 is 24.2 Å². The molecule has 0 saturated heterocycles. The number of oxazole rings is 1. The summed E-state index contributed by atoms with van der Waals surface area (Å²) < 4.78 is 24.6. The van der Waals surface area contributed by atoms with Crippen LogP contribution in [0.5, 0.6) is 11.5 Å². The predicted molar refractivity (Wildman–Crippen MR) is 98.0 cm³/mol. The summed E-state index contributed by atoms with van der Waals surface area (Å²) in [7, 11) is 0. The summed E-state index contributed by atoms with van der Waals surface area (Å²) in [6.07, 6.45) is -0.455. The van der Waals surface area contributed by atoms with E-state index in [-0.39, 0.29) is 34.8 Å². The van der Waals surface area contributed by atoms with E-state index in [1.807, 2.05) is 13.8 Å². The first kappa shape index (κ1) is 19.4. The number of hydrogen-bond donors (Lipinski definition) is 1. The number of phenolic OH excluding ortho intramolecular Hbond substituents is 1. The molecule has 146 valence electrons. The second-order valence-electron chi connectivity index (χ2n) is 6.74. The molecule has 28 heavy (non-hydrogen) atoms. The van der Waals surface area contributed by atoms with E-state index in [1.165, 1.54) is 30.3 Å². The van der Waals surface area contributed by atoms with Crippen LogP contribution >= 0.6 is 0 Å². The van der Waals surface area contributed by atoms with Crippen molar-refractivity contribution in [2.24, 2.45) is 5.92 Å². The van der Waals surface area contributed by atoms with Gasteiger partial charge in [-0.05, 0) is 48.4 Å². The maximum atomic E-state index is 13.2. The Balaban J connectivity index is 2.03. The van der Waals surface area contributed by atoms with Crippen LogP contribution in [0.2, 0.25) is 0 Å². The van der Waals surface area contributed by atoms with Crippen molar-refractivity contribution in [2.45, 2.75) is 20.3 Å². The summed E-state index contributed by atoms with van der Waals surface area (Å²) in [4.78, 5) is 15.4. The molecule has 0 amide bonds. The maximum absolute atomic E-state index is 13.2. The van der Waals surface area contributed by atoms with Crippen LogP contribution in [-0.4, -0.2) is 22.7 Å². The van der Waals surface area contributed by atoms with E-state index in [0.717, 1.165) is 0 Å². The number of phenols is 1. The summed E-state index contributed by atoms with van der Waals surface area (Å²) >= 11 is 0. The Kier molecular flexibility index (Phi) is 5.63. The molecule has 0 radical (unpaired) electrons. The number of aromatic hydroxyl groups is 1. The maximum Gasteiger partial charge on any atom is 0.227 e. The van der Waals surface area contributed by atoms with Crippen LogP contribution in [0.4, 0.5) is 4.39 Å². The molecule has 1 heterocycles. The standard InChI is InChI=1S/C21H20FNO5/c1-12(2)11-27-18-9-14(5-8-17(18)24)20-16(10-19(25)26)23-21(28-20)13-3-6-15(22)7-4-13/h3-9,12,24H,10-11H2,1-2H3,(H,25,26)/p-1. The number of halogens is 1. The van der Waals surface area contributed by atoms with Gasteiger partial charge in [-0.3, -0.25) is 0 Å². The van der Waals surface area contributed by atoms with Crippen molar-refractivity contribution in [1.82, 2.24) is 4.98 Å². The zero-order chi connectivity index (χ0) is 20.3. The molecule has 0 bridgehead atoms. The summed E-state index contributed by atoms with van der Waals surface area (Å²) in [5.74, 6) is -0.866. The van der Waals surface area contributed by atoms with Crippen molar-refractivity contribution < 1.29 is 28.6 Å². The fraction of sp³-hybridized carbons (Fsp3) is 0.238. The lowest BCUT2D eigenvalue weighted by Crippen LogP contribution is -2.24. The van der Waals surface area contributed by atoms with Gasteiger partial charge in [0.15, 0.2) is 17.3 Å². The lowest BCUT2D eigenvalue weighted by atomic mass is 10.1. The molecule has 0 unspecified atom stereocenters. The molecule has 0 spiro atoms. The summed E-state index contributed by atoms with van der Waals surface area (Å²) in [5.41, 5.74) is 1.16. The van der Waals surface area contributed by atoms with Crippen molar-refractivity contribution >= 4 is 5.97 Å². The van der Waals surface area contributed by atoms with Crippen LogP contribution in [0.25, 0.3) is 22.8 Å². The molecule has 3 aromatic rings. The first-order valence-electron chi connectivity index (χ1n) is 8.75. The minimum Gasteiger partial charge on any atom is -0.550 e. The molecule has 7 heteroatoms. The third-order valence-corrected chi connectivity index (χ3v) is 3.89. The van der Waals surface area contributed by atoms with Gasteiger partial charge in [0.2, 0.25) is 5.89 Å². The van der Waals surface area contributed by atoms with Crippen LogP contribution in [0.3, 0.4) is 0 Å². The first-order chi connectivity index (χ1) is 13.3. The Hall–Kier alpha value is -3.35. The number of carbonyl (C=O) groups excluding carboxylic acids is 1. The zero-order valence-electron chi connectivity index (χ0n) is 15.4. The van der Waals surface area contributed by atoms with Gasteiger partial charge in [0.05, 0.1) is 12.3 Å². The van der Waals surface area contributed by atoms with Crippen LogP contribution in [0.15, 0.2) is 46.9 Å². The van der Waals surface area contributed by atoms with Crippen molar-refractivity contribution in [3.63, 3.8) is 0 Å². The highest BCUT2D eigenvalue weighted by atomic mass is 19.1. The molecule has 0 aliphatic heterocycles. The monoisotopic (exact) mass is 384 g/mol. The van der Waals surface area contributed by atoms with Gasteiger partial charge >= 0.3 is 0 Å². The highest BCUT2D eigenvalue weighted by Gasteiger charge is 2.18. The Labute approximate surface area is 161 Å². The summed E-state index contributed by atoms with van der Waals surface area (Å²) in [6, 6.07) is 10.1. The molecule has 0 aliphatic carbocycles. The molecule has 1 N–H and O–H groups in total. The molecular formula is C21H19FNO5-. The Morgan fingerprint density at radius 1 is 1.21 bits per heavy atom. The van der Waals surface area contributed by atoms with Gasteiger partial charge in [-0.1, -0.05) is 13.8 Å². The topological polar surface area (TPSA) is 95.6 Å².